The Bertz CT molecular complexity index is 998. The molecule has 0 unspecified atom stereocenters. The van der Waals surface area contributed by atoms with Crippen LogP contribution in [0.2, 0.25) is 0 Å². The van der Waals surface area contributed by atoms with Crippen molar-refractivity contribution in [3.05, 3.63) is 107 Å². The quantitative estimate of drug-likeness (QED) is 0.466. The van der Waals surface area contributed by atoms with Gasteiger partial charge in [0, 0.05) is 5.56 Å². The molecule has 1 saturated heterocycles. The summed E-state index contributed by atoms with van der Waals surface area (Å²) in [5.74, 6) is -0.464. The molecule has 1 aliphatic heterocycles. The monoisotopic (exact) mass is 411 g/mol. The highest BCUT2D eigenvalue weighted by Crippen LogP contribution is 2.58. The fourth-order valence-electron chi connectivity index (χ4n) is 4.80. The van der Waals surface area contributed by atoms with Gasteiger partial charge in [-0.25, -0.2) is 0 Å². The summed E-state index contributed by atoms with van der Waals surface area (Å²) in [7, 11) is 0. The topological polar surface area (TPSA) is 42.2 Å². The van der Waals surface area contributed by atoms with Crippen LogP contribution < -0.4 is 0 Å². The molecule has 3 nitrogen and oxygen atoms in total. The number of hydrogen-bond acceptors (Lipinski definition) is 3. The minimum absolute atomic E-state index is 0.00254. The Hall–Kier alpha value is -2.93. The Balaban J connectivity index is 1.92. The number of benzene rings is 3. The first-order valence-corrected chi connectivity index (χ1v) is 11.0. The van der Waals surface area contributed by atoms with Crippen LogP contribution in [-0.4, -0.2) is 12.7 Å². The molecule has 1 fully saturated rings. The van der Waals surface area contributed by atoms with Crippen molar-refractivity contribution in [2.45, 2.75) is 44.5 Å². The Kier molecular flexibility index (Phi) is 5.96. The van der Waals surface area contributed by atoms with Crippen LogP contribution in [-0.2, 0) is 20.7 Å². The number of nitrogens with zero attached hydrogens (tertiary/aromatic N) is 1. The second-order valence-corrected chi connectivity index (χ2v) is 8.79. The standard InChI is InChI=1S/C28H29NO2/c1-21(2)18-22(3)31-28(26-16-14-23(19-29)15-17-26)27(20-30-28,24-10-6-4-7-11-24)25-12-8-5-9-13-25/h4-17,21-22H,18,20H2,1-3H3/t22-,28+/m0/s1. The number of ether oxygens (including phenoxy) is 2. The third-order valence-corrected chi connectivity index (χ3v) is 6.15. The van der Waals surface area contributed by atoms with Crippen LogP contribution in [0.3, 0.4) is 0 Å². The Morgan fingerprint density at radius 1 is 0.839 bits per heavy atom. The minimum Gasteiger partial charge on any atom is -0.343 e. The molecule has 0 aromatic heterocycles. The number of rotatable bonds is 7. The Morgan fingerprint density at radius 3 is 1.81 bits per heavy atom. The van der Waals surface area contributed by atoms with E-state index in [0.29, 0.717) is 18.1 Å². The molecule has 3 heteroatoms. The summed E-state index contributed by atoms with van der Waals surface area (Å²) in [5, 5.41) is 9.29. The third kappa shape index (κ3) is 3.67. The van der Waals surface area contributed by atoms with E-state index < -0.39 is 11.2 Å². The van der Waals surface area contributed by atoms with Crippen molar-refractivity contribution in [1.29, 1.82) is 5.26 Å². The summed E-state index contributed by atoms with van der Waals surface area (Å²) in [4.78, 5) is 0. The van der Waals surface area contributed by atoms with Crippen LogP contribution in [0, 0.1) is 17.2 Å². The van der Waals surface area contributed by atoms with Crippen molar-refractivity contribution in [2.24, 2.45) is 5.92 Å². The maximum absolute atomic E-state index is 9.29. The summed E-state index contributed by atoms with van der Waals surface area (Å²) in [5.41, 5.74) is 3.39. The molecule has 158 valence electrons. The fraction of sp³-hybridized carbons (Fsp3) is 0.321. The van der Waals surface area contributed by atoms with Crippen molar-refractivity contribution in [3.8, 4) is 6.07 Å². The highest BCUT2D eigenvalue weighted by atomic mass is 16.7. The van der Waals surface area contributed by atoms with Crippen molar-refractivity contribution in [1.82, 2.24) is 0 Å². The summed E-state index contributed by atoms with van der Waals surface area (Å²) >= 11 is 0. The molecule has 1 aliphatic rings. The molecular weight excluding hydrogens is 382 g/mol. The van der Waals surface area contributed by atoms with Crippen LogP contribution in [0.4, 0.5) is 0 Å². The summed E-state index contributed by atoms with van der Waals surface area (Å²) in [6.07, 6.45) is 0.934. The highest BCUT2D eigenvalue weighted by Gasteiger charge is 2.65. The van der Waals surface area contributed by atoms with E-state index in [1.807, 2.05) is 36.4 Å². The van der Waals surface area contributed by atoms with Crippen molar-refractivity contribution in [2.75, 3.05) is 6.61 Å². The van der Waals surface area contributed by atoms with Crippen LogP contribution in [0.25, 0.3) is 0 Å². The first-order chi connectivity index (χ1) is 15.0. The third-order valence-electron chi connectivity index (χ3n) is 6.15. The molecule has 3 aromatic carbocycles. The van der Waals surface area contributed by atoms with Crippen LogP contribution >= 0.6 is 0 Å². The smallest absolute Gasteiger partial charge is 0.211 e. The van der Waals surface area contributed by atoms with E-state index in [0.717, 1.165) is 23.1 Å². The van der Waals surface area contributed by atoms with Gasteiger partial charge in [0.05, 0.1) is 24.3 Å². The SMILES string of the molecule is CC(C)C[C@H](C)O[C@@]1(c2ccc(C#N)cc2)OCC1(c1ccccc1)c1ccccc1. The van der Waals surface area contributed by atoms with Gasteiger partial charge in [0.25, 0.3) is 0 Å². The van der Waals surface area contributed by atoms with E-state index in [1.54, 1.807) is 0 Å². The summed E-state index contributed by atoms with van der Waals surface area (Å²) < 4.78 is 13.3. The first-order valence-electron chi connectivity index (χ1n) is 11.0. The maximum Gasteiger partial charge on any atom is 0.211 e. The largest absolute Gasteiger partial charge is 0.343 e. The average molecular weight is 412 g/mol. The van der Waals surface area contributed by atoms with Gasteiger partial charge < -0.3 is 9.47 Å². The molecule has 3 aromatic rings. The lowest BCUT2D eigenvalue weighted by Crippen LogP contribution is -2.66. The highest BCUT2D eigenvalue weighted by molar-refractivity contribution is 5.49. The van der Waals surface area contributed by atoms with Crippen molar-refractivity contribution in [3.63, 3.8) is 0 Å². The predicted octanol–water partition coefficient (Wildman–Crippen LogP) is 6.18. The zero-order valence-electron chi connectivity index (χ0n) is 18.4. The first kappa shape index (κ1) is 21.3. The van der Waals surface area contributed by atoms with Gasteiger partial charge in [-0.2, -0.15) is 5.26 Å². The van der Waals surface area contributed by atoms with Gasteiger partial charge in [-0.05, 0) is 42.5 Å². The molecule has 0 N–H and O–H groups in total. The molecule has 0 saturated carbocycles. The predicted molar refractivity (Wildman–Crippen MR) is 122 cm³/mol. The number of nitriles is 1. The maximum atomic E-state index is 9.29. The van der Waals surface area contributed by atoms with Gasteiger partial charge in [-0.15, -0.1) is 0 Å². The second kappa shape index (κ2) is 8.67. The molecule has 0 bridgehead atoms. The van der Waals surface area contributed by atoms with E-state index in [9.17, 15) is 5.26 Å². The number of hydrogen-bond donors (Lipinski definition) is 0. The molecule has 1 heterocycles. The van der Waals surface area contributed by atoms with Gasteiger partial charge in [-0.3, -0.25) is 0 Å². The lowest BCUT2D eigenvalue weighted by atomic mass is 9.62. The van der Waals surface area contributed by atoms with Gasteiger partial charge in [0.1, 0.15) is 5.41 Å². The molecule has 2 atom stereocenters. The van der Waals surface area contributed by atoms with E-state index in [1.165, 1.54) is 0 Å². The van der Waals surface area contributed by atoms with Crippen molar-refractivity contribution < 1.29 is 9.47 Å². The summed E-state index contributed by atoms with van der Waals surface area (Å²) in [6, 6.07) is 30.8. The zero-order valence-corrected chi connectivity index (χ0v) is 18.4. The normalized spacial score (nSPS) is 20.6. The lowest BCUT2D eigenvalue weighted by molar-refractivity contribution is -0.376. The average Bonchev–Trinajstić information content (AvgIpc) is 2.78. The van der Waals surface area contributed by atoms with Crippen LogP contribution in [0.15, 0.2) is 84.9 Å². The Labute approximate surface area is 185 Å². The van der Waals surface area contributed by atoms with Gasteiger partial charge >= 0.3 is 0 Å². The minimum atomic E-state index is -0.974. The second-order valence-electron chi connectivity index (χ2n) is 8.79. The molecular formula is C28H29NO2. The van der Waals surface area contributed by atoms with E-state index in [4.69, 9.17) is 9.47 Å². The fourth-order valence-corrected chi connectivity index (χ4v) is 4.80. The molecule has 0 radical (unpaired) electrons. The van der Waals surface area contributed by atoms with Gasteiger partial charge in [0.2, 0.25) is 5.79 Å². The molecule has 0 spiro atoms. The molecule has 31 heavy (non-hydrogen) atoms. The molecule has 4 rings (SSSR count). The lowest BCUT2D eigenvalue weighted by Gasteiger charge is -2.59. The van der Waals surface area contributed by atoms with E-state index in [-0.39, 0.29) is 6.10 Å². The summed E-state index contributed by atoms with van der Waals surface area (Å²) in [6.45, 7) is 7.05. The molecule has 0 amide bonds. The van der Waals surface area contributed by atoms with Crippen molar-refractivity contribution >= 4 is 0 Å². The van der Waals surface area contributed by atoms with Gasteiger partial charge in [-0.1, -0.05) is 86.6 Å². The molecule has 0 aliphatic carbocycles. The van der Waals surface area contributed by atoms with E-state index in [2.05, 4.69) is 75.4 Å². The van der Waals surface area contributed by atoms with E-state index >= 15 is 0 Å². The Morgan fingerprint density at radius 2 is 1.39 bits per heavy atom. The zero-order chi connectivity index (χ0) is 21.9. The van der Waals surface area contributed by atoms with Gasteiger partial charge in [0.15, 0.2) is 0 Å². The van der Waals surface area contributed by atoms with Crippen LogP contribution in [0.1, 0.15) is 49.4 Å². The van der Waals surface area contributed by atoms with Crippen LogP contribution in [0.5, 0.6) is 0 Å².